The third kappa shape index (κ3) is 6.61. The van der Waals surface area contributed by atoms with Crippen molar-refractivity contribution >= 4 is 5.91 Å². The van der Waals surface area contributed by atoms with E-state index < -0.39 is 0 Å². The second kappa shape index (κ2) is 10.6. The molecule has 5 nitrogen and oxygen atoms in total. The van der Waals surface area contributed by atoms with Gasteiger partial charge in [-0.1, -0.05) is 19.1 Å². The number of hydrogen-bond acceptors (Lipinski definition) is 4. The third-order valence-electron chi connectivity index (χ3n) is 4.34. The molecule has 0 saturated carbocycles. The van der Waals surface area contributed by atoms with Crippen molar-refractivity contribution in [1.29, 1.82) is 0 Å². The van der Waals surface area contributed by atoms with Gasteiger partial charge in [-0.3, -0.25) is 4.79 Å². The Morgan fingerprint density at radius 2 is 1.93 bits per heavy atom. The molecule has 0 aliphatic rings. The van der Waals surface area contributed by atoms with Crippen LogP contribution in [0.3, 0.4) is 0 Å². The van der Waals surface area contributed by atoms with Crippen molar-refractivity contribution in [2.24, 2.45) is 0 Å². The van der Waals surface area contributed by atoms with Gasteiger partial charge in [-0.2, -0.15) is 0 Å². The first-order valence-corrected chi connectivity index (χ1v) is 9.38. The second-order valence-corrected chi connectivity index (χ2v) is 6.55. The predicted octanol–water partition coefficient (Wildman–Crippen LogP) is 4.14. The summed E-state index contributed by atoms with van der Waals surface area (Å²) in [4.78, 5) is 12.0. The first-order valence-electron chi connectivity index (χ1n) is 9.38. The standard InChI is InChI=1S/C22H29NO4/c1-4-18-15-17(6-11-21(25)23-12-5-13-26-3)14-16(2)22(18)27-20-9-7-19(24)8-10-20/h7-10,14-15,24H,4-6,11-13H2,1-3H3,(H,23,25). The summed E-state index contributed by atoms with van der Waals surface area (Å²) in [7, 11) is 1.66. The lowest BCUT2D eigenvalue weighted by Crippen LogP contribution is -2.25. The number of aromatic hydroxyl groups is 1. The fourth-order valence-electron chi connectivity index (χ4n) is 2.90. The van der Waals surface area contributed by atoms with Crippen molar-refractivity contribution in [1.82, 2.24) is 5.32 Å². The molecular weight excluding hydrogens is 342 g/mol. The molecule has 0 radical (unpaired) electrons. The molecule has 1 amide bonds. The van der Waals surface area contributed by atoms with Crippen LogP contribution in [0.1, 0.15) is 36.5 Å². The van der Waals surface area contributed by atoms with Crippen molar-refractivity contribution in [2.45, 2.75) is 39.5 Å². The van der Waals surface area contributed by atoms with Gasteiger partial charge in [-0.05, 0) is 67.1 Å². The largest absolute Gasteiger partial charge is 0.508 e. The van der Waals surface area contributed by atoms with Crippen molar-refractivity contribution in [3.05, 3.63) is 53.1 Å². The number of hydrogen-bond donors (Lipinski definition) is 2. The molecule has 27 heavy (non-hydrogen) atoms. The van der Waals surface area contributed by atoms with E-state index in [-0.39, 0.29) is 11.7 Å². The highest BCUT2D eigenvalue weighted by atomic mass is 16.5. The van der Waals surface area contributed by atoms with Crippen molar-refractivity contribution in [2.75, 3.05) is 20.3 Å². The molecule has 0 bridgehead atoms. The minimum Gasteiger partial charge on any atom is -0.508 e. The fourth-order valence-corrected chi connectivity index (χ4v) is 2.90. The van der Waals surface area contributed by atoms with Gasteiger partial charge in [0.25, 0.3) is 0 Å². The van der Waals surface area contributed by atoms with E-state index in [1.807, 2.05) is 6.92 Å². The summed E-state index contributed by atoms with van der Waals surface area (Å²) in [5.74, 6) is 1.81. The maximum Gasteiger partial charge on any atom is 0.220 e. The van der Waals surface area contributed by atoms with Gasteiger partial charge in [-0.25, -0.2) is 0 Å². The molecule has 146 valence electrons. The summed E-state index contributed by atoms with van der Waals surface area (Å²) >= 11 is 0. The second-order valence-electron chi connectivity index (χ2n) is 6.55. The number of carbonyl (C=O) groups is 1. The minimum atomic E-state index is 0.0613. The SMILES string of the molecule is CCc1cc(CCC(=O)NCCCOC)cc(C)c1Oc1ccc(O)cc1. The quantitative estimate of drug-likeness (QED) is 0.616. The van der Waals surface area contributed by atoms with E-state index in [2.05, 4.69) is 24.4 Å². The van der Waals surface area contributed by atoms with E-state index in [0.29, 0.717) is 31.7 Å². The van der Waals surface area contributed by atoms with Gasteiger partial charge in [0.2, 0.25) is 5.91 Å². The van der Waals surface area contributed by atoms with E-state index >= 15 is 0 Å². The van der Waals surface area contributed by atoms with E-state index in [1.165, 1.54) is 0 Å². The summed E-state index contributed by atoms with van der Waals surface area (Å²) in [5, 5.41) is 12.3. The van der Waals surface area contributed by atoms with Gasteiger partial charge in [-0.15, -0.1) is 0 Å². The Morgan fingerprint density at radius 1 is 1.19 bits per heavy atom. The average molecular weight is 371 g/mol. The van der Waals surface area contributed by atoms with Crippen LogP contribution in [0.15, 0.2) is 36.4 Å². The van der Waals surface area contributed by atoms with Crippen molar-refractivity contribution in [3.8, 4) is 17.2 Å². The van der Waals surface area contributed by atoms with Crippen LogP contribution in [0.25, 0.3) is 0 Å². The van der Waals surface area contributed by atoms with Gasteiger partial charge in [0.15, 0.2) is 0 Å². The molecule has 0 aliphatic carbocycles. The van der Waals surface area contributed by atoms with E-state index in [4.69, 9.17) is 9.47 Å². The Balaban J connectivity index is 2.00. The zero-order valence-electron chi connectivity index (χ0n) is 16.4. The molecular formula is C22H29NO4. The van der Waals surface area contributed by atoms with Crippen LogP contribution in [0.2, 0.25) is 0 Å². The Morgan fingerprint density at radius 3 is 2.59 bits per heavy atom. The number of phenolic OH excluding ortho intramolecular Hbond substituents is 1. The number of nitrogens with one attached hydrogen (secondary N) is 1. The molecule has 0 saturated heterocycles. The minimum absolute atomic E-state index is 0.0613. The molecule has 0 unspecified atom stereocenters. The maximum absolute atomic E-state index is 12.0. The molecule has 0 atom stereocenters. The molecule has 0 aliphatic heterocycles. The Hall–Kier alpha value is -2.53. The van der Waals surface area contributed by atoms with Crippen LogP contribution in [0, 0.1) is 6.92 Å². The molecule has 0 aromatic heterocycles. The Labute approximate surface area is 161 Å². The van der Waals surface area contributed by atoms with Crippen LogP contribution >= 0.6 is 0 Å². The zero-order valence-corrected chi connectivity index (χ0v) is 16.4. The third-order valence-corrected chi connectivity index (χ3v) is 4.34. The lowest BCUT2D eigenvalue weighted by atomic mass is 10.00. The molecule has 2 aromatic rings. The zero-order chi connectivity index (χ0) is 19.6. The summed E-state index contributed by atoms with van der Waals surface area (Å²) < 4.78 is 11.0. The number of ether oxygens (including phenoxy) is 2. The summed E-state index contributed by atoms with van der Waals surface area (Å²) in [6, 6.07) is 10.9. The summed E-state index contributed by atoms with van der Waals surface area (Å²) in [6.07, 6.45) is 2.83. The Kier molecular flexibility index (Phi) is 8.14. The summed E-state index contributed by atoms with van der Waals surface area (Å²) in [5.41, 5.74) is 3.28. The highest BCUT2D eigenvalue weighted by Crippen LogP contribution is 2.31. The predicted molar refractivity (Wildman–Crippen MR) is 107 cm³/mol. The molecule has 0 fully saturated rings. The lowest BCUT2D eigenvalue weighted by Gasteiger charge is -2.15. The highest BCUT2D eigenvalue weighted by Gasteiger charge is 2.11. The van der Waals surface area contributed by atoms with Crippen molar-refractivity contribution in [3.63, 3.8) is 0 Å². The maximum atomic E-state index is 12.0. The first-order chi connectivity index (χ1) is 13.0. The van der Waals surface area contributed by atoms with Crippen LogP contribution < -0.4 is 10.1 Å². The normalized spacial score (nSPS) is 10.6. The monoisotopic (exact) mass is 371 g/mol. The van der Waals surface area contributed by atoms with E-state index in [0.717, 1.165) is 35.3 Å². The van der Waals surface area contributed by atoms with Crippen LogP contribution in [0.4, 0.5) is 0 Å². The first kappa shape index (κ1) is 20.8. The van der Waals surface area contributed by atoms with Crippen LogP contribution in [-0.4, -0.2) is 31.3 Å². The number of benzene rings is 2. The topological polar surface area (TPSA) is 67.8 Å². The number of aryl methyl sites for hydroxylation is 3. The number of rotatable bonds is 10. The van der Waals surface area contributed by atoms with Crippen molar-refractivity contribution < 1.29 is 19.4 Å². The molecule has 0 heterocycles. The summed E-state index contributed by atoms with van der Waals surface area (Å²) in [6.45, 7) is 5.40. The van der Waals surface area contributed by atoms with Gasteiger partial charge in [0.1, 0.15) is 17.2 Å². The lowest BCUT2D eigenvalue weighted by molar-refractivity contribution is -0.121. The smallest absolute Gasteiger partial charge is 0.220 e. The number of phenols is 1. The van der Waals surface area contributed by atoms with Gasteiger partial charge >= 0.3 is 0 Å². The molecule has 2 aromatic carbocycles. The fraction of sp³-hybridized carbons (Fsp3) is 0.409. The van der Waals surface area contributed by atoms with E-state index in [1.54, 1.807) is 31.4 Å². The van der Waals surface area contributed by atoms with Gasteiger partial charge in [0, 0.05) is 26.7 Å². The molecule has 0 spiro atoms. The highest BCUT2D eigenvalue weighted by molar-refractivity contribution is 5.76. The molecule has 2 rings (SSSR count). The number of carbonyl (C=O) groups excluding carboxylic acids is 1. The molecule has 2 N–H and O–H groups in total. The van der Waals surface area contributed by atoms with Crippen LogP contribution in [-0.2, 0) is 22.4 Å². The van der Waals surface area contributed by atoms with Gasteiger partial charge < -0.3 is 19.9 Å². The molecule has 5 heteroatoms. The Bertz CT molecular complexity index is 741. The van der Waals surface area contributed by atoms with E-state index in [9.17, 15) is 9.90 Å². The number of methoxy groups -OCH3 is 1. The number of amides is 1. The van der Waals surface area contributed by atoms with Crippen LogP contribution in [0.5, 0.6) is 17.2 Å². The van der Waals surface area contributed by atoms with Gasteiger partial charge in [0.05, 0.1) is 0 Å². The average Bonchev–Trinajstić information content (AvgIpc) is 2.67.